The molecule has 0 aliphatic carbocycles. The lowest BCUT2D eigenvalue weighted by Crippen LogP contribution is -2.19. The van der Waals surface area contributed by atoms with Gasteiger partial charge in [-0.3, -0.25) is 0 Å². The van der Waals surface area contributed by atoms with Crippen molar-refractivity contribution in [2.24, 2.45) is 0 Å². The molecule has 0 saturated heterocycles. The van der Waals surface area contributed by atoms with Crippen molar-refractivity contribution in [3.05, 3.63) is 69.7 Å². The molecule has 2 aromatic rings. The van der Waals surface area contributed by atoms with Crippen molar-refractivity contribution in [2.45, 2.75) is 25.8 Å². The maximum atomic E-state index is 3.62. The van der Waals surface area contributed by atoms with Gasteiger partial charge in [-0.05, 0) is 42.6 Å². The number of likely N-dealkylation sites (N-methyl/N-ethyl adjacent to an activating group) is 1. The van der Waals surface area contributed by atoms with E-state index in [4.69, 9.17) is 0 Å². The Morgan fingerprint density at radius 1 is 1.05 bits per heavy atom. The van der Waals surface area contributed by atoms with Gasteiger partial charge in [0.15, 0.2) is 0 Å². The lowest BCUT2D eigenvalue weighted by molar-refractivity contribution is 0.591. The Hall–Kier alpha value is -1.12. The van der Waals surface area contributed by atoms with Gasteiger partial charge >= 0.3 is 0 Å². The van der Waals surface area contributed by atoms with Gasteiger partial charge in [-0.15, -0.1) is 0 Å². The number of hydrogen-bond donors (Lipinski definition) is 1. The predicted octanol–water partition coefficient (Wildman–Crippen LogP) is 4.51. The summed E-state index contributed by atoms with van der Waals surface area (Å²) in [7, 11) is 2.02. The average molecular weight is 318 g/mol. The van der Waals surface area contributed by atoms with E-state index in [1.54, 1.807) is 0 Å². The number of hydrogen-bond acceptors (Lipinski definition) is 1. The van der Waals surface area contributed by atoms with E-state index in [2.05, 4.69) is 76.7 Å². The highest BCUT2D eigenvalue weighted by Gasteiger charge is 2.11. The Balaban J connectivity index is 2.17. The average Bonchev–Trinajstić information content (AvgIpc) is 2.47. The van der Waals surface area contributed by atoms with E-state index in [-0.39, 0.29) is 0 Å². The number of rotatable bonds is 5. The summed E-state index contributed by atoms with van der Waals surface area (Å²) in [5, 5.41) is 3.41. The highest BCUT2D eigenvalue weighted by Crippen LogP contribution is 2.23. The van der Waals surface area contributed by atoms with Crippen LogP contribution < -0.4 is 5.32 Å². The summed E-state index contributed by atoms with van der Waals surface area (Å²) in [6.07, 6.45) is 2.08. The summed E-state index contributed by atoms with van der Waals surface area (Å²) >= 11 is 3.62. The molecule has 0 radical (unpaired) electrons. The Morgan fingerprint density at radius 2 is 1.74 bits per heavy atom. The predicted molar refractivity (Wildman–Crippen MR) is 85.5 cm³/mol. The first-order chi connectivity index (χ1) is 9.24. The first kappa shape index (κ1) is 14.3. The summed E-state index contributed by atoms with van der Waals surface area (Å²) < 4.78 is 1.18. The zero-order valence-corrected chi connectivity index (χ0v) is 13.1. The molecule has 0 bridgehead atoms. The second kappa shape index (κ2) is 6.88. The van der Waals surface area contributed by atoms with Crippen LogP contribution in [0.4, 0.5) is 0 Å². The molecule has 19 heavy (non-hydrogen) atoms. The summed E-state index contributed by atoms with van der Waals surface area (Å²) in [4.78, 5) is 0. The van der Waals surface area contributed by atoms with Crippen molar-refractivity contribution in [1.29, 1.82) is 0 Å². The Morgan fingerprint density at radius 3 is 2.32 bits per heavy atom. The van der Waals surface area contributed by atoms with Crippen molar-refractivity contribution in [2.75, 3.05) is 7.05 Å². The minimum Gasteiger partial charge on any atom is -0.313 e. The first-order valence-electron chi connectivity index (χ1n) is 6.74. The van der Waals surface area contributed by atoms with Crippen LogP contribution in [0.1, 0.15) is 29.7 Å². The fraction of sp³-hybridized carbons (Fsp3) is 0.294. The topological polar surface area (TPSA) is 12.0 Å². The van der Waals surface area contributed by atoms with Gasteiger partial charge in [-0.2, -0.15) is 0 Å². The molecule has 2 aromatic carbocycles. The van der Waals surface area contributed by atoms with Crippen LogP contribution in [-0.2, 0) is 12.8 Å². The van der Waals surface area contributed by atoms with Crippen LogP contribution in [0.2, 0.25) is 0 Å². The van der Waals surface area contributed by atoms with Crippen molar-refractivity contribution in [3.63, 3.8) is 0 Å². The molecule has 0 spiro atoms. The quantitative estimate of drug-likeness (QED) is 0.855. The molecule has 0 fully saturated rings. The van der Waals surface area contributed by atoms with Gasteiger partial charge in [-0.1, -0.05) is 65.3 Å². The zero-order valence-electron chi connectivity index (χ0n) is 11.5. The zero-order chi connectivity index (χ0) is 13.7. The fourth-order valence-corrected chi connectivity index (χ4v) is 2.70. The Labute approximate surface area is 124 Å². The van der Waals surface area contributed by atoms with E-state index in [0.29, 0.717) is 6.04 Å². The summed E-state index contributed by atoms with van der Waals surface area (Å²) in [6, 6.07) is 17.7. The van der Waals surface area contributed by atoms with Gasteiger partial charge in [0.25, 0.3) is 0 Å². The lowest BCUT2D eigenvalue weighted by atomic mass is 9.98. The van der Waals surface area contributed by atoms with Crippen molar-refractivity contribution in [3.8, 4) is 0 Å². The highest BCUT2D eigenvalue weighted by atomic mass is 79.9. The monoisotopic (exact) mass is 317 g/mol. The maximum absolute atomic E-state index is 3.62. The van der Waals surface area contributed by atoms with Gasteiger partial charge < -0.3 is 5.32 Å². The minimum atomic E-state index is 0.351. The molecule has 2 heteroatoms. The van der Waals surface area contributed by atoms with E-state index >= 15 is 0 Å². The van der Waals surface area contributed by atoms with Gasteiger partial charge in [0.1, 0.15) is 0 Å². The minimum absolute atomic E-state index is 0.351. The van der Waals surface area contributed by atoms with Crippen molar-refractivity contribution >= 4 is 15.9 Å². The van der Waals surface area contributed by atoms with E-state index in [1.807, 2.05) is 7.05 Å². The molecule has 0 heterocycles. The number of nitrogens with one attached hydrogen (secondary N) is 1. The Bertz CT molecular complexity index is 519. The Kier molecular flexibility index (Phi) is 5.17. The molecule has 1 N–H and O–H groups in total. The summed E-state index contributed by atoms with van der Waals surface area (Å²) in [5.74, 6) is 0. The van der Waals surface area contributed by atoms with Crippen LogP contribution in [0.15, 0.2) is 53.0 Å². The first-order valence-corrected chi connectivity index (χ1v) is 7.53. The summed E-state index contributed by atoms with van der Waals surface area (Å²) in [5.41, 5.74) is 4.07. The maximum Gasteiger partial charge on any atom is 0.0358 e. The molecule has 100 valence electrons. The van der Waals surface area contributed by atoms with Gasteiger partial charge in [0.05, 0.1) is 0 Å². The second-order valence-electron chi connectivity index (χ2n) is 4.73. The molecule has 0 amide bonds. The van der Waals surface area contributed by atoms with Crippen molar-refractivity contribution < 1.29 is 0 Å². The van der Waals surface area contributed by atoms with Gasteiger partial charge in [-0.25, -0.2) is 0 Å². The third-order valence-electron chi connectivity index (χ3n) is 3.52. The fourth-order valence-electron chi connectivity index (χ4n) is 2.26. The summed E-state index contributed by atoms with van der Waals surface area (Å²) in [6.45, 7) is 2.19. The molecular weight excluding hydrogens is 298 g/mol. The SMILES string of the molecule is CCc1ccc(C(Cc2ccccc2Br)NC)cc1. The smallest absolute Gasteiger partial charge is 0.0358 e. The molecule has 1 nitrogen and oxygen atoms in total. The van der Waals surface area contributed by atoms with Crippen LogP contribution >= 0.6 is 15.9 Å². The van der Waals surface area contributed by atoms with E-state index in [9.17, 15) is 0 Å². The number of aryl methyl sites for hydroxylation is 1. The highest BCUT2D eigenvalue weighted by molar-refractivity contribution is 9.10. The van der Waals surface area contributed by atoms with Gasteiger partial charge in [0, 0.05) is 10.5 Å². The van der Waals surface area contributed by atoms with Crippen LogP contribution in [0.3, 0.4) is 0 Å². The van der Waals surface area contributed by atoms with Crippen LogP contribution in [0.25, 0.3) is 0 Å². The number of benzene rings is 2. The van der Waals surface area contributed by atoms with E-state index in [1.165, 1.54) is 21.2 Å². The number of halogens is 1. The lowest BCUT2D eigenvalue weighted by Gasteiger charge is -2.18. The van der Waals surface area contributed by atoms with Crippen molar-refractivity contribution in [1.82, 2.24) is 5.32 Å². The standard InChI is InChI=1S/C17H20BrN/c1-3-13-8-10-14(11-9-13)17(19-2)12-15-6-4-5-7-16(15)18/h4-11,17,19H,3,12H2,1-2H3. The molecule has 1 unspecified atom stereocenters. The van der Waals surface area contributed by atoms with Crippen LogP contribution in [0, 0.1) is 0 Å². The second-order valence-corrected chi connectivity index (χ2v) is 5.59. The van der Waals surface area contributed by atoms with Crippen LogP contribution in [-0.4, -0.2) is 7.05 Å². The molecule has 0 aliphatic rings. The van der Waals surface area contributed by atoms with E-state index < -0.39 is 0 Å². The third kappa shape index (κ3) is 3.68. The normalized spacial score (nSPS) is 12.4. The third-order valence-corrected chi connectivity index (χ3v) is 4.29. The molecular formula is C17H20BrN. The molecule has 2 rings (SSSR count). The van der Waals surface area contributed by atoms with Crippen LogP contribution in [0.5, 0.6) is 0 Å². The molecule has 0 aliphatic heterocycles. The molecule has 0 saturated carbocycles. The molecule has 0 aromatic heterocycles. The van der Waals surface area contributed by atoms with E-state index in [0.717, 1.165) is 12.8 Å². The molecule has 1 atom stereocenters. The van der Waals surface area contributed by atoms with Gasteiger partial charge in [0.2, 0.25) is 0 Å². The largest absolute Gasteiger partial charge is 0.313 e.